The molecule has 51 heavy (non-hydrogen) atoms. The van der Waals surface area contributed by atoms with Gasteiger partial charge in [-0.15, -0.1) is 0 Å². The van der Waals surface area contributed by atoms with E-state index in [-0.39, 0.29) is 38.1 Å². The molecule has 0 unspecified atom stereocenters. The number of esters is 1. The summed E-state index contributed by atoms with van der Waals surface area (Å²) in [6.45, 7) is 9.13. The maximum absolute atomic E-state index is 14.0. The molecule has 0 fully saturated rings. The van der Waals surface area contributed by atoms with Crippen LogP contribution in [-0.2, 0) is 43.1 Å². The molecule has 0 aliphatic carbocycles. The molecule has 0 radical (unpaired) electrons. The Bertz CT molecular complexity index is 1530. The zero-order valence-electron chi connectivity index (χ0n) is 30.6. The highest BCUT2D eigenvalue weighted by Crippen LogP contribution is 2.18. The van der Waals surface area contributed by atoms with Crippen molar-refractivity contribution in [2.45, 2.75) is 96.2 Å². The molecule has 0 spiro atoms. The molecule has 0 saturated carbocycles. The largest absolute Gasteiger partial charge is 0.467 e. The molecular weight excluding hydrogens is 648 g/mol. The van der Waals surface area contributed by atoms with Crippen molar-refractivity contribution in [3.63, 3.8) is 0 Å². The number of ether oxygens (including phenoxy) is 2. The molecule has 5 N–H and O–H groups in total. The van der Waals surface area contributed by atoms with Gasteiger partial charge in [-0.05, 0) is 49.8 Å². The highest BCUT2D eigenvalue weighted by molar-refractivity contribution is 5.92. The van der Waals surface area contributed by atoms with E-state index >= 15 is 0 Å². The number of aliphatic hydroxyl groups is 1. The fourth-order valence-corrected chi connectivity index (χ4v) is 5.59. The van der Waals surface area contributed by atoms with Crippen LogP contribution in [0.25, 0.3) is 0 Å². The number of nitrogens with one attached hydrogen (secondary N) is 4. The number of carbonyl (C=O) groups is 4. The second-order valence-corrected chi connectivity index (χ2v) is 13.9. The predicted molar refractivity (Wildman–Crippen MR) is 196 cm³/mol. The van der Waals surface area contributed by atoms with Gasteiger partial charge in [0.25, 0.3) is 0 Å². The summed E-state index contributed by atoms with van der Waals surface area (Å²) >= 11 is 0. The molecule has 3 rings (SSSR count). The van der Waals surface area contributed by atoms with Gasteiger partial charge < -0.3 is 30.5 Å². The van der Waals surface area contributed by atoms with Gasteiger partial charge in [0.05, 0.1) is 13.2 Å². The Morgan fingerprint density at radius 3 is 1.75 bits per heavy atom. The average Bonchev–Trinajstić information content (AvgIpc) is 3.09. The molecule has 3 aromatic carbocycles. The topological polar surface area (TPSA) is 155 Å². The van der Waals surface area contributed by atoms with Gasteiger partial charge in [0.15, 0.2) is 0 Å². The Morgan fingerprint density at radius 1 is 0.745 bits per heavy atom. The van der Waals surface area contributed by atoms with Crippen molar-refractivity contribution in [2.24, 2.45) is 5.92 Å². The lowest BCUT2D eigenvalue weighted by molar-refractivity contribution is -0.145. The van der Waals surface area contributed by atoms with E-state index in [9.17, 15) is 24.3 Å². The van der Waals surface area contributed by atoms with E-state index in [2.05, 4.69) is 21.3 Å². The fraction of sp³-hybridized carbons (Fsp3) is 0.450. The highest BCUT2D eigenvalue weighted by atomic mass is 16.6. The maximum atomic E-state index is 14.0. The van der Waals surface area contributed by atoms with Gasteiger partial charge in [-0.3, -0.25) is 14.9 Å². The fourth-order valence-electron chi connectivity index (χ4n) is 5.59. The van der Waals surface area contributed by atoms with Crippen LogP contribution in [0, 0.1) is 5.92 Å². The standard InChI is InChI=1S/C40H54N4O7/c1-7-28(2)34(36(46)42-33(37(47)50-6)26-30-19-13-9-14-20-30)43-35(45)32(25-29-17-11-8-12-18-29)41-24-23-40(49,27-31-21-15-10-16-22-31)44-38(48)51-39(3,4)5/h8-22,28,32-34,41,49H,7,23-27H2,1-6H3,(H,42,46)(H,43,45)(H,44,48)/t28-,32-,33-,34-,40+/m0/s1. The number of rotatable bonds is 18. The maximum Gasteiger partial charge on any atom is 0.409 e. The lowest BCUT2D eigenvalue weighted by atomic mass is 9.96. The zero-order chi connectivity index (χ0) is 37.4. The first-order valence-corrected chi connectivity index (χ1v) is 17.5. The summed E-state index contributed by atoms with van der Waals surface area (Å²) in [6, 6.07) is 25.3. The summed E-state index contributed by atoms with van der Waals surface area (Å²) in [5, 5.41) is 23.4. The van der Waals surface area contributed by atoms with E-state index < -0.39 is 53.3 Å². The van der Waals surface area contributed by atoms with Crippen LogP contribution >= 0.6 is 0 Å². The van der Waals surface area contributed by atoms with Gasteiger partial charge in [0, 0.05) is 25.8 Å². The lowest BCUT2D eigenvalue weighted by Gasteiger charge is -2.32. The molecule has 0 aromatic heterocycles. The minimum Gasteiger partial charge on any atom is -0.467 e. The van der Waals surface area contributed by atoms with Crippen LogP contribution in [0.1, 0.15) is 64.2 Å². The van der Waals surface area contributed by atoms with Crippen molar-refractivity contribution < 1.29 is 33.8 Å². The SMILES string of the molecule is CC[C@H](C)[C@H](NC(=O)[C@H](Cc1ccccc1)NCC[C@@](O)(Cc1ccccc1)NC(=O)OC(C)(C)C)C(=O)N[C@@H](Cc1ccccc1)C(=O)OC. The van der Waals surface area contributed by atoms with Crippen molar-refractivity contribution in [1.29, 1.82) is 0 Å². The second-order valence-electron chi connectivity index (χ2n) is 13.9. The summed E-state index contributed by atoms with van der Waals surface area (Å²) in [7, 11) is 1.27. The number of benzene rings is 3. The molecular formula is C40H54N4O7. The molecule has 11 heteroatoms. The minimum atomic E-state index is -1.70. The third-order valence-electron chi connectivity index (χ3n) is 8.48. The highest BCUT2D eigenvalue weighted by Gasteiger charge is 2.34. The van der Waals surface area contributed by atoms with E-state index in [1.807, 2.05) is 105 Å². The van der Waals surface area contributed by atoms with E-state index in [0.29, 0.717) is 6.42 Å². The monoisotopic (exact) mass is 702 g/mol. The Labute approximate surface area is 301 Å². The first kappa shape index (κ1) is 40.7. The Hall–Kier alpha value is -4.74. The van der Waals surface area contributed by atoms with Crippen molar-refractivity contribution >= 4 is 23.9 Å². The minimum absolute atomic E-state index is 0.0370. The Balaban J connectivity index is 1.81. The first-order chi connectivity index (χ1) is 24.2. The summed E-state index contributed by atoms with van der Waals surface area (Å²) in [4.78, 5) is 53.3. The van der Waals surface area contributed by atoms with Crippen LogP contribution in [0.5, 0.6) is 0 Å². The third-order valence-corrected chi connectivity index (χ3v) is 8.48. The molecule has 0 bridgehead atoms. The summed E-state index contributed by atoms with van der Waals surface area (Å²) in [5.74, 6) is -1.78. The van der Waals surface area contributed by atoms with Crippen LogP contribution in [0.3, 0.4) is 0 Å². The molecule has 11 nitrogen and oxygen atoms in total. The van der Waals surface area contributed by atoms with Crippen LogP contribution in [0.2, 0.25) is 0 Å². The molecule has 0 aliphatic heterocycles. The van der Waals surface area contributed by atoms with E-state index in [1.165, 1.54) is 7.11 Å². The molecule has 0 aliphatic rings. The summed E-state index contributed by atoms with van der Waals surface area (Å²) < 4.78 is 10.4. The number of carbonyl (C=O) groups excluding carboxylic acids is 4. The number of methoxy groups -OCH3 is 1. The van der Waals surface area contributed by atoms with E-state index in [1.54, 1.807) is 20.8 Å². The molecule has 3 aromatic rings. The predicted octanol–water partition coefficient (Wildman–Crippen LogP) is 4.46. The normalized spacial score (nSPS) is 14.9. The van der Waals surface area contributed by atoms with E-state index in [0.717, 1.165) is 16.7 Å². The number of amides is 3. The van der Waals surface area contributed by atoms with Gasteiger partial charge in [-0.2, -0.15) is 0 Å². The lowest BCUT2D eigenvalue weighted by Crippen LogP contribution is -2.58. The molecule has 276 valence electrons. The first-order valence-electron chi connectivity index (χ1n) is 17.5. The third kappa shape index (κ3) is 14.2. The summed E-state index contributed by atoms with van der Waals surface area (Å²) in [5.41, 5.74) is 0.0545. The van der Waals surface area contributed by atoms with Crippen LogP contribution in [0.4, 0.5) is 4.79 Å². The van der Waals surface area contributed by atoms with Gasteiger partial charge in [-0.1, -0.05) is 111 Å². The van der Waals surface area contributed by atoms with Gasteiger partial charge in [0.1, 0.15) is 23.4 Å². The Kier molecular flexibility index (Phi) is 15.6. The van der Waals surface area contributed by atoms with Gasteiger partial charge >= 0.3 is 12.1 Å². The second kappa shape index (κ2) is 19.6. The molecule has 3 amide bonds. The van der Waals surface area contributed by atoms with Crippen LogP contribution in [-0.4, -0.2) is 72.1 Å². The molecule has 0 heterocycles. The average molecular weight is 703 g/mol. The van der Waals surface area contributed by atoms with Crippen molar-refractivity contribution in [3.8, 4) is 0 Å². The van der Waals surface area contributed by atoms with Crippen molar-refractivity contribution in [1.82, 2.24) is 21.3 Å². The number of alkyl carbamates (subject to hydrolysis) is 1. The smallest absolute Gasteiger partial charge is 0.409 e. The molecule has 5 atom stereocenters. The Morgan fingerprint density at radius 2 is 1.25 bits per heavy atom. The van der Waals surface area contributed by atoms with Crippen molar-refractivity contribution in [2.75, 3.05) is 13.7 Å². The quantitative estimate of drug-likeness (QED) is 0.0962. The van der Waals surface area contributed by atoms with Gasteiger partial charge in [-0.25, -0.2) is 9.59 Å². The van der Waals surface area contributed by atoms with Crippen LogP contribution < -0.4 is 21.3 Å². The van der Waals surface area contributed by atoms with Crippen LogP contribution in [0.15, 0.2) is 91.0 Å². The molecule has 0 saturated heterocycles. The van der Waals surface area contributed by atoms with E-state index in [4.69, 9.17) is 9.47 Å². The zero-order valence-corrected chi connectivity index (χ0v) is 30.6. The number of hydrogen-bond donors (Lipinski definition) is 5. The number of hydrogen-bond acceptors (Lipinski definition) is 8. The summed E-state index contributed by atoms with van der Waals surface area (Å²) in [6.07, 6.45) is 0.470. The van der Waals surface area contributed by atoms with Gasteiger partial charge in [0.2, 0.25) is 11.8 Å². The van der Waals surface area contributed by atoms with Crippen molar-refractivity contribution in [3.05, 3.63) is 108 Å².